The number of epoxide rings is 1. The minimum atomic E-state index is 0.542. The Morgan fingerprint density at radius 3 is 1.86 bits per heavy atom. The standard InChI is InChI=1S/C6H12O/c1-4(2)6-5(3)7-6/h4-6H,1-3H3/t5-,6?/m1/s1. The highest BCUT2D eigenvalue weighted by molar-refractivity contribution is 4.82. The molecule has 1 fully saturated rings. The molecule has 7 heavy (non-hydrogen) atoms. The zero-order valence-corrected chi connectivity index (χ0v) is 5.14. The van der Waals surface area contributed by atoms with Gasteiger partial charge in [-0.25, -0.2) is 0 Å². The molecule has 0 radical (unpaired) electrons. The van der Waals surface area contributed by atoms with Crippen molar-refractivity contribution < 1.29 is 4.74 Å². The van der Waals surface area contributed by atoms with E-state index in [0.717, 1.165) is 5.92 Å². The first kappa shape index (κ1) is 5.10. The molecule has 0 spiro atoms. The van der Waals surface area contributed by atoms with Gasteiger partial charge >= 0.3 is 0 Å². The summed E-state index contributed by atoms with van der Waals surface area (Å²) in [7, 11) is 0. The van der Waals surface area contributed by atoms with Gasteiger partial charge in [-0.2, -0.15) is 0 Å². The summed E-state index contributed by atoms with van der Waals surface area (Å²) in [5.74, 6) is 0.718. The summed E-state index contributed by atoms with van der Waals surface area (Å²) in [5.41, 5.74) is 0. The van der Waals surface area contributed by atoms with Crippen LogP contribution in [-0.2, 0) is 4.74 Å². The fourth-order valence-corrected chi connectivity index (χ4v) is 0.902. The second-order valence-corrected chi connectivity index (χ2v) is 2.55. The topological polar surface area (TPSA) is 12.5 Å². The number of hydrogen-bond donors (Lipinski definition) is 0. The zero-order chi connectivity index (χ0) is 5.44. The van der Waals surface area contributed by atoms with Gasteiger partial charge in [0.15, 0.2) is 0 Å². The maximum Gasteiger partial charge on any atom is 0.0861 e. The van der Waals surface area contributed by atoms with Gasteiger partial charge < -0.3 is 4.74 Å². The Labute approximate surface area is 44.7 Å². The second-order valence-electron chi connectivity index (χ2n) is 2.55. The van der Waals surface area contributed by atoms with Crippen LogP contribution in [0, 0.1) is 5.92 Å². The van der Waals surface area contributed by atoms with Crippen LogP contribution < -0.4 is 0 Å². The number of hydrogen-bond acceptors (Lipinski definition) is 1. The molecule has 1 heterocycles. The van der Waals surface area contributed by atoms with Crippen LogP contribution in [0.1, 0.15) is 20.8 Å². The van der Waals surface area contributed by atoms with Crippen molar-refractivity contribution >= 4 is 0 Å². The Bertz CT molecular complexity index is 68.6. The Morgan fingerprint density at radius 1 is 1.43 bits per heavy atom. The highest BCUT2D eigenvalue weighted by Gasteiger charge is 2.36. The molecule has 1 aliphatic rings. The third-order valence-corrected chi connectivity index (χ3v) is 1.41. The van der Waals surface area contributed by atoms with Crippen molar-refractivity contribution in [3.05, 3.63) is 0 Å². The minimum Gasteiger partial charge on any atom is -0.370 e. The predicted octanol–water partition coefficient (Wildman–Crippen LogP) is 1.43. The van der Waals surface area contributed by atoms with E-state index in [9.17, 15) is 0 Å². The molecule has 0 aromatic heterocycles. The second kappa shape index (κ2) is 1.48. The monoisotopic (exact) mass is 100 g/mol. The Morgan fingerprint density at radius 2 is 1.86 bits per heavy atom. The molecule has 0 aromatic carbocycles. The molecule has 1 heteroatoms. The van der Waals surface area contributed by atoms with Crippen LogP contribution in [-0.4, -0.2) is 12.2 Å². The fourth-order valence-electron chi connectivity index (χ4n) is 0.902. The van der Waals surface area contributed by atoms with Gasteiger partial charge in [-0.3, -0.25) is 0 Å². The van der Waals surface area contributed by atoms with E-state index >= 15 is 0 Å². The maximum absolute atomic E-state index is 5.18. The van der Waals surface area contributed by atoms with Crippen LogP contribution >= 0.6 is 0 Å². The summed E-state index contributed by atoms with van der Waals surface area (Å²) in [4.78, 5) is 0. The maximum atomic E-state index is 5.18. The third-order valence-electron chi connectivity index (χ3n) is 1.41. The first-order valence-corrected chi connectivity index (χ1v) is 2.87. The van der Waals surface area contributed by atoms with Gasteiger partial charge in [0.25, 0.3) is 0 Å². The third kappa shape index (κ3) is 0.942. The molecule has 1 aliphatic heterocycles. The smallest absolute Gasteiger partial charge is 0.0861 e. The van der Waals surface area contributed by atoms with Crippen LogP contribution in [0.2, 0.25) is 0 Å². The molecule has 0 aromatic rings. The molecule has 1 saturated heterocycles. The SMILES string of the molecule is CC(C)C1O[C@@H]1C. The van der Waals surface area contributed by atoms with Crippen molar-refractivity contribution in [1.82, 2.24) is 0 Å². The van der Waals surface area contributed by atoms with Gasteiger partial charge in [-0.15, -0.1) is 0 Å². The summed E-state index contributed by atoms with van der Waals surface area (Å²) in [6.07, 6.45) is 1.11. The summed E-state index contributed by atoms with van der Waals surface area (Å²) in [6, 6.07) is 0. The molecular weight excluding hydrogens is 88.1 g/mol. The highest BCUT2D eigenvalue weighted by atomic mass is 16.6. The van der Waals surface area contributed by atoms with Crippen molar-refractivity contribution in [3.63, 3.8) is 0 Å². The average Bonchev–Trinajstić information content (AvgIpc) is 2.17. The minimum absolute atomic E-state index is 0.542. The van der Waals surface area contributed by atoms with Crippen molar-refractivity contribution in [3.8, 4) is 0 Å². The van der Waals surface area contributed by atoms with E-state index in [2.05, 4.69) is 20.8 Å². The van der Waals surface area contributed by atoms with Gasteiger partial charge in [0.1, 0.15) is 0 Å². The van der Waals surface area contributed by atoms with Crippen LogP contribution in [0.15, 0.2) is 0 Å². The summed E-state index contributed by atoms with van der Waals surface area (Å²) >= 11 is 0. The van der Waals surface area contributed by atoms with E-state index in [1.807, 2.05) is 0 Å². The first-order chi connectivity index (χ1) is 3.22. The van der Waals surface area contributed by atoms with Crippen LogP contribution in [0.25, 0.3) is 0 Å². The van der Waals surface area contributed by atoms with Gasteiger partial charge in [-0.05, 0) is 12.8 Å². The highest BCUT2D eigenvalue weighted by Crippen LogP contribution is 2.27. The van der Waals surface area contributed by atoms with E-state index in [4.69, 9.17) is 4.74 Å². The van der Waals surface area contributed by atoms with Crippen molar-refractivity contribution in [2.45, 2.75) is 33.0 Å². The number of ether oxygens (including phenoxy) is 1. The van der Waals surface area contributed by atoms with E-state index in [0.29, 0.717) is 12.2 Å². The molecule has 1 nitrogen and oxygen atoms in total. The van der Waals surface area contributed by atoms with Gasteiger partial charge in [0.05, 0.1) is 12.2 Å². The van der Waals surface area contributed by atoms with Crippen LogP contribution in [0.3, 0.4) is 0 Å². The largest absolute Gasteiger partial charge is 0.370 e. The van der Waals surface area contributed by atoms with Gasteiger partial charge in [0, 0.05) is 0 Å². The molecule has 0 N–H and O–H groups in total. The van der Waals surface area contributed by atoms with E-state index in [-0.39, 0.29) is 0 Å². The lowest BCUT2D eigenvalue weighted by molar-refractivity contribution is 0.339. The quantitative estimate of drug-likeness (QED) is 0.454. The van der Waals surface area contributed by atoms with Crippen LogP contribution in [0.4, 0.5) is 0 Å². The molecule has 0 amide bonds. The average molecular weight is 100 g/mol. The molecule has 1 unspecified atom stereocenters. The summed E-state index contributed by atoms with van der Waals surface area (Å²) in [5, 5.41) is 0. The van der Waals surface area contributed by atoms with E-state index in [1.54, 1.807) is 0 Å². The number of rotatable bonds is 1. The van der Waals surface area contributed by atoms with Crippen molar-refractivity contribution in [2.75, 3.05) is 0 Å². The molecule has 42 valence electrons. The van der Waals surface area contributed by atoms with E-state index in [1.165, 1.54) is 0 Å². The fraction of sp³-hybridized carbons (Fsp3) is 1.00. The van der Waals surface area contributed by atoms with Gasteiger partial charge in [0.2, 0.25) is 0 Å². The molecule has 2 atom stereocenters. The molecule has 1 rings (SSSR count). The Hall–Kier alpha value is -0.0400. The summed E-state index contributed by atoms with van der Waals surface area (Å²) in [6.45, 7) is 6.49. The Kier molecular flexibility index (Phi) is 1.08. The lowest BCUT2D eigenvalue weighted by Gasteiger charge is -1.92. The van der Waals surface area contributed by atoms with E-state index < -0.39 is 0 Å². The van der Waals surface area contributed by atoms with Crippen molar-refractivity contribution in [2.24, 2.45) is 5.92 Å². The molecule has 0 saturated carbocycles. The van der Waals surface area contributed by atoms with Crippen molar-refractivity contribution in [1.29, 1.82) is 0 Å². The lowest BCUT2D eigenvalue weighted by Crippen LogP contribution is -1.98. The normalized spacial score (nSPS) is 39.4. The lowest BCUT2D eigenvalue weighted by atomic mass is 10.1. The molecular formula is C6H12O. The van der Waals surface area contributed by atoms with Crippen LogP contribution in [0.5, 0.6) is 0 Å². The Balaban J connectivity index is 2.20. The zero-order valence-electron chi connectivity index (χ0n) is 5.14. The first-order valence-electron chi connectivity index (χ1n) is 2.87. The predicted molar refractivity (Wildman–Crippen MR) is 29.2 cm³/mol. The summed E-state index contributed by atoms with van der Waals surface area (Å²) < 4.78 is 5.18. The molecule has 0 bridgehead atoms. The van der Waals surface area contributed by atoms with Gasteiger partial charge in [-0.1, -0.05) is 13.8 Å². The molecule has 0 aliphatic carbocycles.